The van der Waals surface area contributed by atoms with Crippen molar-refractivity contribution in [1.29, 1.82) is 0 Å². The molecule has 1 N–H and O–H groups in total. The lowest BCUT2D eigenvalue weighted by molar-refractivity contribution is 0.402. The number of allylic oxidation sites excluding steroid dienone is 1. The van der Waals surface area contributed by atoms with Gasteiger partial charge >= 0.3 is 0 Å². The predicted molar refractivity (Wildman–Crippen MR) is 65.3 cm³/mol. The highest BCUT2D eigenvalue weighted by Crippen LogP contribution is 2.21. The van der Waals surface area contributed by atoms with Crippen LogP contribution in [0, 0.1) is 5.92 Å². The van der Waals surface area contributed by atoms with Crippen LogP contribution in [0.5, 0.6) is 0 Å². The first-order chi connectivity index (χ1) is 6.40. The molecule has 0 aliphatic carbocycles. The van der Waals surface area contributed by atoms with Crippen LogP contribution in [0.4, 0.5) is 0 Å². The van der Waals surface area contributed by atoms with Crippen LogP contribution in [-0.4, -0.2) is 5.54 Å². The van der Waals surface area contributed by atoms with Gasteiger partial charge in [0.2, 0.25) is 0 Å². The third kappa shape index (κ3) is 6.06. The van der Waals surface area contributed by atoms with Crippen LogP contribution in [0.2, 0.25) is 0 Å². The van der Waals surface area contributed by atoms with Crippen LogP contribution < -0.4 is 5.32 Å². The molecule has 0 aromatic heterocycles. The average Bonchev–Trinajstić information content (AvgIpc) is 2.01. The first-order valence-corrected chi connectivity index (χ1v) is 5.87. The van der Waals surface area contributed by atoms with Crippen LogP contribution in [0.15, 0.2) is 12.3 Å². The van der Waals surface area contributed by atoms with Gasteiger partial charge in [-0.2, -0.15) is 0 Å². The Labute approximate surface area is 90.0 Å². The molecule has 0 aromatic rings. The molecule has 0 aliphatic rings. The fourth-order valence-electron chi connectivity index (χ4n) is 1.77. The molecule has 0 aromatic carbocycles. The normalized spacial score (nSPS) is 11.9. The van der Waals surface area contributed by atoms with Gasteiger partial charge in [-0.3, -0.25) is 0 Å². The van der Waals surface area contributed by atoms with E-state index < -0.39 is 0 Å². The molecule has 0 saturated carbocycles. The molecule has 0 spiro atoms. The Morgan fingerprint density at radius 1 is 1.14 bits per heavy atom. The van der Waals surface area contributed by atoms with Gasteiger partial charge < -0.3 is 5.32 Å². The van der Waals surface area contributed by atoms with Crippen LogP contribution in [0.25, 0.3) is 0 Å². The number of hydrogen-bond acceptors (Lipinski definition) is 1. The van der Waals surface area contributed by atoms with E-state index >= 15 is 0 Å². The van der Waals surface area contributed by atoms with Crippen LogP contribution >= 0.6 is 0 Å². The van der Waals surface area contributed by atoms with Crippen LogP contribution in [0.1, 0.15) is 60.3 Å². The van der Waals surface area contributed by atoms with Crippen LogP contribution in [0.3, 0.4) is 0 Å². The molecular weight excluding hydrogens is 170 g/mol. The summed E-state index contributed by atoms with van der Waals surface area (Å²) in [5.74, 6) is 0.657. The Balaban J connectivity index is 4.14. The molecule has 0 fully saturated rings. The van der Waals surface area contributed by atoms with Crippen LogP contribution in [-0.2, 0) is 0 Å². The second kappa shape index (κ2) is 6.10. The van der Waals surface area contributed by atoms with Gasteiger partial charge in [0.05, 0.1) is 0 Å². The van der Waals surface area contributed by atoms with E-state index in [2.05, 4.69) is 46.5 Å². The molecule has 0 radical (unpaired) electrons. The zero-order valence-electron chi connectivity index (χ0n) is 10.6. The van der Waals surface area contributed by atoms with Gasteiger partial charge in [-0.25, -0.2) is 0 Å². The van der Waals surface area contributed by atoms with Crippen molar-refractivity contribution in [3.8, 4) is 0 Å². The standard InChI is InChI=1S/C13H27N/c1-7-9-12(10-8-2)11(3)14-13(4,5)6/h12,14H,3,7-10H2,1-2,4-6H3. The minimum atomic E-state index is 0.150. The van der Waals surface area contributed by atoms with Crippen molar-refractivity contribution in [3.63, 3.8) is 0 Å². The Bertz CT molecular complexity index is 159. The molecule has 0 amide bonds. The third-order valence-electron chi connectivity index (χ3n) is 2.30. The number of hydrogen-bond donors (Lipinski definition) is 1. The SMILES string of the molecule is C=C(NC(C)(C)C)C(CCC)CCC. The first-order valence-electron chi connectivity index (χ1n) is 5.87. The summed E-state index contributed by atoms with van der Waals surface area (Å²) in [5.41, 5.74) is 1.37. The molecule has 0 atom stereocenters. The van der Waals surface area contributed by atoms with E-state index in [9.17, 15) is 0 Å². The molecule has 1 heteroatoms. The van der Waals surface area contributed by atoms with Crippen molar-refractivity contribution < 1.29 is 0 Å². The Hall–Kier alpha value is -0.460. The van der Waals surface area contributed by atoms with Gasteiger partial charge in [0.15, 0.2) is 0 Å². The second-order valence-corrected chi connectivity index (χ2v) is 5.17. The quantitative estimate of drug-likeness (QED) is 0.676. The first kappa shape index (κ1) is 13.5. The summed E-state index contributed by atoms with van der Waals surface area (Å²) in [6, 6.07) is 0. The van der Waals surface area contributed by atoms with E-state index in [1.165, 1.54) is 31.4 Å². The third-order valence-corrected chi connectivity index (χ3v) is 2.30. The molecule has 14 heavy (non-hydrogen) atoms. The maximum Gasteiger partial charge on any atom is 0.0286 e. The topological polar surface area (TPSA) is 12.0 Å². The summed E-state index contributed by atoms with van der Waals surface area (Å²) in [6.45, 7) is 15.2. The molecule has 0 aliphatic heterocycles. The maximum atomic E-state index is 4.17. The Morgan fingerprint density at radius 3 is 1.86 bits per heavy atom. The maximum absolute atomic E-state index is 4.17. The van der Waals surface area contributed by atoms with Crippen molar-refractivity contribution >= 4 is 0 Å². The summed E-state index contributed by atoms with van der Waals surface area (Å²) in [5, 5.41) is 3.49. The van der Waals surface area contributed by atoms with Gasteiger partial charge in [-0.15, -0.1) is 0 Å². The summed E-state index contributed by atoms with van der Waals surface area (Å²) in [6.07, 6.45) is 5.01. The van der Waals surface area contributed by atoms with Crippen molar-refractivity contribution in [2.45, 2.75) is 65.8 Å². The summed E-state index contributed by atoms with van der Waals surface area (Å²) < 4.78 is 0. The van der Waals surface area contributed by atoms with E-state index in [1.54, 1.807) is 0 Å². The lowest BCUT2D eigenvalue weighted by Gasteiger charge is -2.28. The zero-order chi connectivity index (χ0) is 11.2. The van der Waals surface area contributed by atoms with Gasteiger partial charge in [0.25, 0.3) is 0 Å². The van der Waals surface area contributed by atoms with E-state index in [0.717, 1.165) is 0 Å². The zero-order valence-corrected chi connectivity index (χ0v) is 10.6. The Morgan fingerprint density at radius 2 is 1.57 bits per heavy atom. The molecule has 84 valence electrons. The summed E-state index contributed by atoms with van der Waals surface area (Å²) in [7, 11) is 0. The fraction of sp³-hybridized carbons (Fsp3) is 0.846. The minimum absolute atomic E-state index is 0.150. The highest BCUT2D eigenvalue weighted by atomic mass is 15.0. The summed E-state index contributed by atoms with van der Waals surface area (Å²) >= 11 is 0. The average molecular weight is 197 g/mol. The lowest BCUT2D eigenvalue weighted by atomic mass is 9.94. The number of nitrogens with one attached hydrogen (secondary N) is 1. The van der Waals surface area contributed by atoms with E-state index in [4.69, 9.17) is 0 Å². The highest BCUT2D eigenvalue weighted by molar-refractivity contribution is 5.01. The lowest BCUT2D eigenvalue weighted by Crippen LogP contribution is -2.37. The minimum Gasteiger partial charge on any atom is -0.384 e. The molecular formula is C13H27N. The second-order valence-electron chi connectivity index (χ2n) is 5.17. The molecule has 0 bridgehead atoms. The van der Waals surface area contributed by atoms with Crippen molar-refractivity contribution in [3.05, 3.63) is 12.3 Å². The molecule has 0 heterocycles. The molecule has 0 saturated heterocycles. The molecule has 0 rings (SSSR count). The molecule has 1 nitrogen and oxygen atoms in total. The van der Waals surface area contributed by atoms with Gasteiger partial charge in [0.1, 0.15) is 0 Å². The van der Waals surface area contributed by atoms with Gasteiger partial charge in [-0.1, -0.05) is 33.3 Å². The van der Waals surface area contributed by atoms with E-state index in [-0.39, 0.29) is 5.54 Å². The summed E-state index contributed by atoms with van der Waals surface area (Å²) in [4.78, 5) is 0. The Kier molecular flexibility index (Phi) is 5.90. The van der Waals surface area contributed by atoms with Crippen molar-refractivity contribution in [2.24, 2.45) is 5.92 Å². The smallest absolute Gasteiger partial charge is 0.0286 e. The monoisotopic (exact) mass is 197 g/mol. The van der Waals surface area contributed by atoms with E-state index in [1.807, 2.05) is 0 Å². The largest absolute Gasteiger partial charge is 0.384 e. The highest BCUT2D eigenvalue weighted by Gasteiger charge is 2.16. The van der Waals surface area contributed by atoms with E-state index in [0.29, 0.717) is 5.92 Å². The van der Waals surface area contributed by atoms with Gasteiger partial charge in [-0.05, 0) is 39.5 Å². The molecule has 0 unspecified atom stereocenters. The van der Waals surface area contributed by atoms with Crippen molar-refractivity contribution in [1.82, 2.24) is 5.32 Å². The van der Waals surface area contributed by atoms with Crippen molar-refractivity contribution in [2.75, 3.05) is 0 Å². The van der Waals surface area contributed by atoms with Gasteiger partial charge in [0, 0.05) is 11.2 Å². The number of rotatable bonds is 6. The fourth-order valence-corrected chi connectivity index (χ4v) is 1.77. The predicted octanol–water partition coefficient (Wildman–Crippen LogP) is 4.10.